The summed E-state index contributed by atoms with van der Waals surface area (Å²) in [4.78, 5) is 14.9. The van der Waals surface area contributed by atoms with Crippen molar-refractivity contribution in [1.29, 1.82) is 0 Å². The molecule has 0 N–H and O–H groups in total. The van der Waals surface area contributed by atoms with Crippen LogP contribution in [0.1, 0.15) is 16.5 Å². The molecule has 2 rings (SSSR count). The number of benzene rings is 1. The lowest BCUT2D eigenvalue weighted by Crippen LogP contribution is -2.06. The minimum Gasteiger partial charge on any atom is -0.463 e. The molecule has 0 atom stereocenters. The van der Waals surface area contributed by atoms with Gasteiger partial charge in [0.2, 0.25) is 5.89 Å². The summed E-state index contributed by atoms with van der Waals surface area (Å²) in [5.41, 5.74) is 0. The maximum atomic E-state index is 12.0. The fourth-order valence-electron chi connectivity index (χ4n) is 1.36. The maximum absolute atomic E-state index is 12.0. The van der Waals surface area contributed by atoms with Gasteiger partial charge in [-0.25, -0.2) is 13.2 Å². The average Bonchev–Trinajstić information content (AvgIpc) is 2.86. The van der Waals surface area contributed by atoms with Gasteiger partial charge in [-0.3, -0.25) is 0 Å². The van der Waals surface area contributed by atoms with Crippen LogP contribution < -0.4 is 0 Å². The number of esters is 1. The van der Waals surface area contributed by atoms with E-state index in [1.54, 1.807) is 18.2 Å². The average molecular weight is 282 g/mol. The summed E-state index contributed by atoms with van der Waals surface area (Å²) in [6.07, 6.45) is 0. The van der Waals surface area contributed by atoms with Crippen LogP contribution in [0.5, 0.6) is 0 Å². The van der Waals surface area contributed by atoms with Crippen molar-refractivity contribution in [1.82, 2.24) is 10.1 Å². The summed E-state index contributed by atoms with van der Waals surface area (Å²) in [6.45, 7) is 0. The minimum absolute atomic E-state index is 0.146. The Bertz CT molecular complexity index is 678. The van der Waals surface area contributed by atoms with E-state index in [0.29, 0.717) is 0 Å². The summed E-state index contributed by atoms with van der Waals surface area (Å²) in [5, 5.41) is 3.34. The van der Waals surface area contributed by atoms with Crippen LogP contribution in [0.3, 0.4) is 0 Å². The Balaban J connectivity index is 2.22. The normalized spacial score (nSPS) is 11.2. The zero-order chi connectivity index (χ0) is 13.9. The van der Waals surface area contributed by atoms with E-state index in [9.17, 15) is 13.2 Å². The molecule has 1 aromatic heterocycles. The van der Waals surface area contributed by atoms with Crippen LogP contribution in [0.4, 0.5) is 0 Å². The number of carbonyl (C=O) groups is 1. The van der Waals surface area contributed by atoms with E-state index in [0.717, 1.165) is 0 Å². The van der Waals surface area contributed by atoms with Crippen molar-refractivity contribution in [3.05, 3.63) is 42.0 Å². The Morgan fingerprint density at radius 3 is 2.63 bits per heavy atom. The van der Waals surface area contributed by atoms with Gasteiger partial charge in [-0.15, -0.1) is 0 Å². The number of rotatable bonds is 4. The molecule has 0 fully saturated rings. The third kappa shape index (κ3) is 2.97. The molecule has 0 saturated carbocycles. The fourth-order valence-corrected chi connectivity index (χ4v) is 2.54. The van der Waals surface area contributed by atoms with Crippen molar-refractivity contribution in [3.63, 3.8) is 0 Å². The van der Waals surface area contributed by atoms with Crippen molar-refractivity contribution in [2.45, 2.75) is 10.6 Å². The maximum Gasteiger partial charge on any atom is 0.379 e. The predicted octanol–water partition coefficient (Wildman–Crippen LogP) is 0.830. The molecule has 1 aromatic carbocycles. The molecule has 0 bridgehead atoms. The molecular formula is C11H10N2O5S. The van der Waals surface area contributed by atoms with Gasteiger partial charge in [0.1, 0.15) is 5.75 Å². The first-order valence-corrected chi connectivity index (χ1v) is 6.87. The highest BCUT2D eigenvalue weighted by atomic mass is 32.2. The van der Waals surface area contributed by atoms with E-state index < -0.39 is 21.6 Å². The lowest BCUT2D eigenvalue weighted by molar-refractivity contribution is 0.0583. The summed E-state index contributed by atoms with van der Waals surface area (Å²) in [6, 6.07) is 7.86. The second-order valence-corrected chi connectivity index (χ2v) is 5.57. The molecule has 0 radical (unpaired) electrons. The zero-order valence-corrected chi connectivity index (χ0v) is 10.8. The van der Waals surface area contributed by atoms with Gasteiger partial charge < -0.3 is 9.26 Å². The minimum atomic E-state index is -3.58. The number of carbonyl (C=O) groups excluding carboxylic acids is 1. The number of hydrogen-bond acceptors (Lipinski definition) is 7. The second kappa shape index (κ2) is 5.19. The summed E-state index contributed by atoms with van der Waals surface area (Å²) in [5.74, 6) is -1.72. The lowest BCUT2D eigenvalue weighted by Gasteiger charge is -1.99. The van der Waals surface area contributed by atoms with E-state index in [1.807, 2.05) is 0 Å². The van der Waals surface area contributed by atoms with Crippen molar-refractivity contribution in [2.75, 3.05) is 7.11 Å². The molecule has 0 spiro atoms. The molecule has 0 aliphatic rings. The third-order valence-electron chi connectivity index (χ3n) is 2.25. The molecule has 0 amide bonds. The molecular weight excluding hydrogens is 272 g/mol. The van der Waals surface area contributed by atoms with Gasteiger partial charge in [-0.1, -0.05) is 18.2 Å². The van der Waals surface area contributed by atoms with Crippen LogP contribution in [0.25, 0.3) is 0 Å². The molecule has 0 aliphatic heterocycles. The quantitative estimate of drug-likeness (QED) is 0.765. The van der Waals surface area contributed by atoms with Crippen LogP contribution in [0, 0.1) is 0 Å². The standard InChI is InChI=1S/C11H10N2O5S/c1-17-11(14)10-12-9(18-13-10)7-19(15,16)8-5-3-2-4-6-8/h2-6H,7H2,1H3. The molecule has 19 heavy (non-hydrogen) atoms. The molecule has 0 saturated heterocycles. The van der Waals surface area contributed by atoms with E-state index in [-0.39, 0.29) is 16.6 Å². The molecule has 7 nitrogen and oxygen atoms in total. The number of aromatic nitrogens is 2. The van der Waals surface area contributed by atoms with E-state index in [1.165, 1.54) is 19.2 Å². The van der Waals surface area contributed by atoms with Gasteiger partial charge in [0, 0.05) is 0 Å². The van der Waals surface area contributed by atoms with E-state index in [2.05, 4.69) is 14.9 Å². The number of sulfone groups is 1. The summed E-state index contributed by atoms with van der Waals surface area (Å²) < 4.78 is 33.1. The monoisotopic (exact) mass is 282 g/mol. The van der Waals surface area contributed by atoms with Crippen LogP contribution >= 0.6 is 0 Å². The van der Waals surface area contributed by atoms with Crippen molar-refractivity contribution >= 4 is 15.8 Å². The summed E-state index contributed by atoms with van der Waals surface area (Å²) >= 11 is 0. The summed E-state index contributed by atoms with van der Waals surface area (Å²) in [7, 11) is -2.42. The molecule has 8 heteroatoms. The van der Waals surface area contributed by atoms with Crippen molar-refractivity contribution < 1.29 is 22.5 Å². The lowest BCUT2D eigenvalue weighted by atomic mass is 10.4. The van der Waals surface area contributed by atoms with Gasteiger partial charge in [-0.2, -0.15) is 4.98 Å². The first-order chi connectivity index (χ1) is 9.03. The molecule has 0 unspecified atom stereocenters. The number of hydrogen-bond donors (Lipinski definition) is 0. The van der Waals surface area contributed by atoms with Crippen molar-refractivity contribution in [3.8, 4) is 0 Å². The van der Waals surface area contributed by atoms with Gasteiger partial charge >= 0.3 is 5.97 Å². The second-order valence-electron chi connectivity index (χ2n) is 3.58. The Morgan fingerprint density at radius 2 is 2.00 bits per heavy atom. The van der Waals surface area contributed by atoms with Gasteiger partial charge in [-0.05, 0) is 17.3 Å². The Labute approximate surface area is 109 Å². The highest BCUT2D eigenvalue weighted by Gasteiger charge is 2.21. The van der Waals surface area contributed by atoms with E-state index in [4.69, 9.17) is 4.52 Å². The van der Waals surface area contributed by atoms with Crippen molar-refractivity contribution in [2.24, 2.45) is 0 Å². The molecule has 0 aliphatic carbocycles. The smallest absolute Gasteiger partial charge is 0.379 e. The predicted molar refractivity (Wildman–Crippen MR) is 63.0 cm³/mol. The molecule has 2 aromatic rings. The Morgan fingerprint density at radius 1 is 1.32 bits per heavy atom. The number of nitrogens with zero attached hydrogens (tertiary/aromatic N) is 2. The topological polar surface area (TPSA) is 99.4 Å². The molecule has 1 heterocycles. The van der Waals surface area contributed by atoms with Crippen LogP contribution in [0.15, 0.2) is 39.8 Å². The Hall–Kier alpha value is -2.22. The fraction of sp³-hybridized carbons (Fsp3) is 0.182. The Kier molecular flexibility index (Phi) is 3.61. The van der Waals surface area contributed by atoms with E-state index >= 15 is 0 Å². The van der Waals surface area contributed by atoms with Gasteiger partial charge in [0.15, 0.2) is 9.84 Å². The van der Waals surface area contributed by atoms with Gasteiger partial charge in [0.05, 0.1) is 12.0 Å². The molecule has 100 valence electrons. The van der Waals surface area contributed by atoms with Crippen LogP contribution in [0.2, 0.25) is 0 Å². The highest BCUT2D eigenvalue weighted by molar-refractivity contribution is 7.90. The first-order valence-electron chi connectivity index (χ1n) is 5.21. The largest absolute Gasteiger partial charge is 0.463 e. The first kappa shape index (κ1) is 13.2. The number of methoxy groups -OCH3 is 1. The number of ether oxygens (including phenoxy) is 1. The van der Waals surface area contributed by atoms with Crippen LogP contribution in [-0.2, 0) is 20.3 Å². The van der Waals surface area contributed by atoms with Gasteiger partial charge in [0.25, 0.3) is 5.82 Å². The zero-order valence-electron chi connectivity index (χ0n) is 9.94. The third-order valence-corrected chi connectivity index (χ3v) is 3.87. The highest BCUT2D eigenvalue weighted by Crippen LogP contribution is 2.15. The van der Waals surface area contributed by atoms with Crippen LogP contribution in [-0.4, -0.2) is 31.6 Å². The SMILES string of the molecule is COC(=O)c1noc(CS(=O)(=O)c2ccccc2)n1.